The Morgan fingerprint density at radius 1 is 1.19 bits per heavy atom. The lowest BCUT2D eigenvalue weighted by molar-refractivity contribution is -0.114. The number of benzene rings is 1. The molecule has 0 atom stereocenters. The zero-order valence-electron chi connectivity index (χ0n) is 11.3. The van der Waals surface area contributed by atoms with E-state index in [1.54, 1.807) is 18.2 Å². The third-order valence-corrected chi connectivity index (χ3v) is 2.55. The minimum Gasteiger partial charge on any atom is -0.461 e. The first kappa shape index (κ1) is 14.5. The highest BCUT2D eigenvalue weighted by molar-refractivity contribution is 5.98. The average Bonchev–Trinajstić information content (AvgIpc) is 2.98. The minimum absolute atomic E-state index is 0.134. The summed E-state index contributed by atoms with van der Waals surface area (Å²) in [5.74, 6) is -1.18. The molecule has 0 saturated heterocycles. The summed E-state index contributed by atoms with van der Waals surface area (Å²) >= 11 is 0. The Bertz CT molecular complexity index is 660. The van der Waals surface area contributed by atoms with E-state index in [0.717, 1.165) is 0 Å². The number of anilines is 1. The van der Waals surface area contributed by atoms with E-state index in [1.165, 1.54) is 31.4 Å². The van der Waals surface area contributed by atoms with Crippen molar-refractivity contribution in [3.63, 3.8) is 0 Å². The molecule has 1 aromatic heterocycles. The van der Waals surface area contributed by atoms with Crippen LogP contribution in [-0.4, -0.2) is 24.3 Å². The van der Waals surface area contributed by atoms with Crippen LogP contribution in [0.2, 0.25) is 0 Å². The molecule has 21 heavy (non-hydrogen) atoms. The van der Waals surface area contributed by atoms with Gasteiger partial charge in [-0.2, -0.15) is 0 Å². The van der Waals surface area contributed by atoms with Crippen LogP contribution >= 0.6 is 0 Å². The summed E-state index contributed by atoms with van der Waals surface area (Å²) in [7, 11) is 0. The first-order chi connectivity index (χ1) is 10.1. The Morgan fingerprint density at radius 2 is 2.00 bits per heavy atom. The molecular formula is C15H13NO5. The van der Waals surface area contributed by atoms with Gasteiger partial charge in [0.25, 0.3) is 0 Å². The van der Waals surface area contributed by atoms with Crippen molar-refractivity contribution in [2.24, 2.45) is 0 Å². The number of rotatable bonds is 5. The number of ether oxygens (including phenoxy) is 1. The lowest BCUT2D eigenvalue weighted by Gasteiger charge is -2.06. The molecule has 1 aromatic carbocycles. The Morgan fingerprint density at radius 3 is 2.67 bits per heavy atom. The van der Waals surface area contributed by atoms with E-state index in [4.69, 9.17) is 9.15 Å². The first-order valence-corrected chi connectivity index (χ1v) is 6.18. The highest BCUT2D eigenvalue weighted by atomic mass is 16.5. The van der Waals surface area contributed by atoms with Crippen LogP contribution in [-0.2, 0) is 9.53 Å². The van der Waals surface area contributed by atoms with Crippen molar-refractivity contribution in [2.75, 3.05) is 11.9 Å². The summed E-state index contributed by atoms with van der Waals surface area (Å²) in [4.78, 5) is 34.4. The van der Waals surface area contributed by atoms with Gasteiger partial charge in [-0.05, 0) is 30.3 Å². The second kappa shape index (κ2) is 6.51. The van der Waals surface area contributed by atoms with Gasteiger partial charge in [-0.3, -0.25) is 9.59 Å². The fraction of sp³-hybridized carbons (Fsp3) is 0.133. The number of esters is 1. The molecule has 0 fully saturated rings. The number of hydrogen-bond donors (Lipinski definition) is 1. The number of amides is 1. The number of carbonyl (C=O) groups is 3. The van der Waals surface area contributed by atoms with Crippen LogP contribution in [0.15, 0.2) is 47.1 Å². The molecule has 0 aliphatic heterocycles. The van der Waals surface area contributed by atoms with Gasteiger partial charge in [-0.25, -0.2) is 4.79 Å². The Hall–Kier alpha value is -2.89. The normalized spacial score (nSPS) is 9.95. The molecule has 6 nitrogen and oxygen atoms in total. The molecule has 0 saturated carbocycles. The summed E-state index contributed by atoms with van der Waals surface area (Å²) in [6.45, 7) is 0.962. The highest BCUT2D eigenvalue weighted by Crippen LogP contribution is 2.12. The third kappa shape index (κ3) is 4.04. The standard InChI is InChI=1S/C15H13NO5/c1-10(17)16-12-5-2-4-11(8-12)15(19)21-9-13(18)14-6-3-7-20-14/h2-8H,9H2,1H3,(H,16,17). The van der Waals surface area contributed by atoms with Crippen molar-refractivity contribution >= 4 is 23.3 Å². The van der Waals surface area contributed by atoms with Crippen molar-refractivity contribution in [1.29, 1.82) is 0 Å². The van der Waals surface area contributed by atoms with E-state index in [0.29, 0.717) is 5.69 Å². The van der Waals surface area contributed by atoms with Crippen LogP contribution in [0.5, 0.6) is 0 Å². The fourth-order valence-electron chi connectivity index (χ4n) is 1.65. The highest BCUT2D eigenvalue weighted by Gasteiger charge is 2.14. The minimum atomic E-state index is -0.651. The summed E-state index contributed by atoms with van der Waals surface area (Å²) in [6, 6.07) is 9.33. The second-order valence-electron chi connectivity index (χ2n) is 4.24. The van der Waals surface area contributed by atoms with Gasteiger partial charge < -0.3 is 14.5 Å². The Kier molecular flexibility index (Phi) is 4.50. The van der Waals surface area contributed by atoms with E-state index in [2.05, 4.69) is 5.32 Å². The van der Waals surface area contributed by atoms with Crippen molar-refractivity contribution in [1.82, 2.24) is 0 Å². The molecule has 1 heterocycles. The van der Waals surface area contributed by atoms with Gasteiger partial charge in [0.2, 0.25) is 11.7 Å². The molecule has 1 N–H and O–H groups in total. The molecule has 0 aliphatic carbocycles. The van der Waals surface area contributed by atoms with E-state index in [1.807, 2.05) is 0 Å². The van der Waals surface area contributed by atoms with Gasteiger partial charge in [0.15, 0.2) is 12.4 Å². The monoisotopic (exact) mass is 287 g/mol. The molecule has 2 rings (SSSR count). The summed E-state index contributed by atoms with van der Waals surface area (Å²) < 4.78 is 9.82. The van der Waals surface area contributed by atoms with Crippen molar-refractivity contribution in [3.8, 4) is 0 Å². The molecule has 0 bridgehead atoms. The maximum Gasteiger partial charge on any atom is 0.338 e. The predicted octanol–water partition coefficient (Wildman–Crippen LogP) is 2.28. The molecule has 0 unspecified atom stereocenters. The number of carbonyl (C=O) groups excluding carboxylic acids is 3. The lowest BCUT2D eigenvalue weighted by Crippen LogP contribution is -2.14. The van der Waals surface area contributed by atoms with Crippen LogP contribution < -0.4 is 5.32 Å². The van der Waals surface area contributed by atoms with Crippen molar-refractivity contribution < 1.29 is 23.5 Å². The van der Waals surface area contributed by atoms with E-state index >= 15 is 0 Å². The van der Waals surface area contributed by atoms with Gasteiger partial charge in [0, 0.05) is 12.6 Å². The molecule has 0 aliphatic rings. The van der Waals surface area contributed by atoms with Crippen LogP contribution in [0.4, 0.5) is 5.69 Å². The van der Waals surface area contributed by atoms with E-state index in [-0.39, 0.29) is 17.2 Å². The third-order valence-electron chi connectivity index (χ3n) is 2.55. The van der Waals surface area contributed by atoms with Crippen molar-refractivity contribution in [2.45, 2.75) is 6.92 Å². The van der Waals surface area contributed by atoms with Gasteiger partial charge >= 0.3 is 5.97 Å². The van der Waals surface area contributed by atoms with Gasteiger partial charge in [-0.15, -0.1) is 0 Å². The average molecular weight is 287 g/mol. The van der Waals surface area contributed by atoms with Crippen LogP contribution in [0, 0.1) is 0 Å². The predicted molar refractivity (Wildman–Crippen MR) is 74.1 cm³/mol. The summed E-state index contributed by atoms with van der Waals surface area (Å²) in [5.41, 5.74) is 0.725. The van der Waals surface area contributed by atoms with Crippen molar-refractivity contribution in [3.05, 3.63) is 54.0 Å². The Labute approximate surface area is 120 Å². The molecule has 1 amide bonds. The SMILES string of the molecule is CC(=O)Nc1cccc(C(=O)OCC(=O)c2ccco2)c1. The second-order valence-corrected chi connectivity index (χ2v) is 4.24. The topological polar surface area (TPSA) is 85.6 Å². The maximum atomic E-state index is 11.8. The maximum absolute atomic E-state index is 11.8. The molecule has 108 valence electrons. The largest absolute Gasteiger partial charge is 0.461 e. The molecule has 0 spiro atoms. The number of furan rings is 1. The van der Waals surface area contributed by atoms with Gasteiger partial charge in [-0.1, -0.05) is 6.07 Å². The zero-order chi connectivity index (χ0) is 15.2. The smallest absolute Gasteiger partial charge is 0.338 e. The van der Waals surface area contributed by atoms with Crippen LogP contribution in [0.3, 0.4) is 0 Å². The first-order valence-electron chi connectivity index (χ1n) is 6.18. The van der Waals surface area contributed by atoms with E-state index < -0.39 is 18.4 Å². The quantitative estimate of drug-likeness (QED) is 0.673. The van der Waals surface area contributed by atoms with Gasteiger partial charge in [0.05, 0.1) is 11.8 Å². The zero-order valence-corrected chi connectivity index (χ0v) is 11.3. The fourth-order valence-corrected chi connectivity index (χ4v) is 1.65. The molecule has 6 heteroatoms. The van der Waals surface area contributed by atoms with Crippen LogP contribution in [0.1, 0.15) is 27.8 Å². The summed E-state index contributed by atoms with van der Waals surface area (Å²) in [5, 5.41) is 2.56. The molecule has 0 radical (unpaired) electrons. The van der Waals surface area contributed by atoms with Gasteiger partial charge in [0.1, 0.15) is 0 Å². The number of hydrogen-bond acceptors (Lipinski definition) is 5. The Balaban J connectivity index is 1.97. The summed E-state index contributed by atoms with van der Waals surface area (Å²) in [6.07, 6.45) is 1.37. The molecule has 2 aromatic rings. The number of ketones is 1. The molecular weight excluding hydrogens is 274 g/mol. The van der Waals surface area contributed by atoms with E-state index in [9.17, 15) is 14.4 Å². The number of Topliss-reactive ketones (excluding diaryl/α,β-unsaturated/α-hetero) is 1. The van der Waals surface area contributed by atoms with Crippen LogP contribution in [0.25, 0.3) is 0 Å². The lowest BCUT2D eigenvalue weighted by atomic mass is 10.2. The number of nitrogens with one attached hydrogen (secondary N) is 1.